The highest BCUT2D eigenvalue weighted by Crippen LogP contribution is 2.29. The van der Waals surface area contributed by atoms with E-state index in [1.54, 1.807) is 0 Å². The molecule has 4 nitrogen and oxygen atoms in total. The second-order valence-electron chi connectivity index (χ2n) is 5.57. The van der Waals surface area contributed by atoms with Crippen LogP contribution in [0.25, 0.3) is 0 Å². The zero-order valence-corrected chi connectivity index (χ0v) is 13.5. The number of rotatable bonds is 4. The van der Waals surface area contributed by atoms with E-state index < -0.39 is 20.7 Å². The molecule has 3 N–H and O–H groups in total. The summed E-state index contributed by atoms with van der Waals surface area (Å²) in [6.07, 6.45) is 4.68. The first-order valence-electron chi connectivity index (χ1n) is 7.10. The van der Waals surface area contributed by atoms with Gasteiger partial charge in [0, 0.05) is 11.7 Å². The van der Waals surface area contributed by atoms with Gasteiger partial charge < -0.3 is 5.73 Å². The Kier molecular flexibility index (Phi) is 5.11. The van der Waals surface area contributed by atoms with Gasteiger partial charge in [0.15, 0.2) is 5.82 Å². The van der Waals surface area contributed by atoms with E-state index in [9.17, 15) is 12.8 Å². The lowest BCUT2D eigenvalue weighted by molar-refractivity contribution is 0.301. The fraction of sp³-hybridized carbons (Fsp3) is 0.571. The van der Waals surface area contributed by atoms with Crippen LogP contribution in [0.5, 0.6) is 0 Å². The molecule has 0 aromatic heterocycles. The van der Waals surface area contributed by atoms with E-state index in [2.05, 4.69) is 11.6 Å². The fourth-order valence-electron chi connectivity index (χ4n) is 2.83. The van der Waals surface area contributed by atoms with Crippen molar-refractivity contribution in [2.24, 2.45) is 5.92 Å². The van der Waals surface area contributed by atoms with E-state index in [-0.39, 0.29) is 16.8 Å². The molecular weight excluding hydrogens is 315 g/mol. The lowest BCUT2D eigenvalue weighted by atomic mass is 9.85. The number of halogens is 2. The van der Waals surface area contributed by atoms with Crippen molar-refractivity contribution in [1.29, 1.82) is 0 Å². The van der Waals surface area contributed by atoms with Crippen molar-refractivity contribution in [3.05, 3.63) is 23.0 Å². The van der Waals surface area contributed by atoms with Gasteiger partial charge in [-0.3, -0.25) is 0 Å². The molecule has 0 heterocycles. The normalized spacial score (nSPS) is 23.2. The molecule has 21 heavy (non-hydrogen) atoms. The minimum Gasteiger partial charge on any atom is -0.399 e. The van der Waals surface area contributed by atoms with Crippen molar-refractivity contribution in [1.82, 2.24) is 4.72 Å². The average Bonchev–Trinajstić information content (AvgIpc) is 2.42. The van der Waals surface area contributed by atoms with Gasteiger partial charge in [-0.1, -0.05) is 37.8 Å². The van der Waals surface area contributed by atoms with Crippen LogP contribution in [0.15, 0.2) is 17.0 Å². The number of nitrogen functional groups attached to an aromatic ring is 1. The van der Waals surface area contributed by atoms with Gasteiger partial charge >= 0.3 is 0 Å². The molecule has 1 fully saturated rings. The van der Waals surface area contributed by atoms with E-state index in [1.807, 2.05) is 0 Å². The van der Waals surface area contributed by atoms with Crippen molar-refractivity contribution in [2.75, 3.05) is 5.73 Å². The summed E-state index contributed by atoms with van der Waals surface area (Å²) < 4.78 is 41.3. The zero-order chi connectivity index (χ0) is 15.6. The number of anilines is 1. The Morgan fingerprint density at radius 2 is 2.14 bits per heavy atom. The molecule has 1 aromatic rings. The van der Waals surface area contributed by atoms with Crippen LogP contribution in [0.4, 0.5) is 10.1 Å². The molecule has 0 radical (unpaired) electrons. The lowest BCUT2D eigenvalue weighted by Gasteiger charge is -2.29. The Labute approximate surface area is 129 Å². The van der Waals surface area contributed by atoms with Gasteiger partial charge in [0.05, 0.1) is 5.02 Å². The maximum atomic E-state index is 14.0. The Balaban J connectivity index is 2.23. The maximum absolute atomic E-state index is 14.0. The molecule has 0 bridgehead atoms. The number of hydrogen-bond donors (Lipinski definition) is 2. The molecule has 2 atom stereocenters. The quantitative estimate of drug-likeness (QED) is 0.830. The second kappa shape index (κ2) is 6.50. The Bertz CT molecular complexity index is 622. The van der Waals surface area contributed by atoms with E-state index >= 15 is 0 Å². The third kappa shape index (κ3) is 3.87. The summed E-state index contributed by atoms with van der Waals surface area (Å²) in [5.74, 6) is -0.443. The highest BCUT2D eigenvalue weighted by molar-refractivity contribution is 7.89. The fourth-order valence-corrected chi connectivity index (χ4v) is 4.53. The minimum absolute atomic E-state index is 0.122. The smallest absolute Gasteiger partial charge is 0.243 e. The molecule has 1 saturated carbocycles. The van der Waals surface area contributed by atoms with Gasteiger partial charge in [0.25, 0.3) is 0 Å². The first-order chi connectivity index (χ1) is 9.83. The summed E-state index contributed by atoms with van der Waals surface area (Å²) in [7, 11) is -3.96. The van der Waals surface area contributed by atoms with E-state index in [0.717, 1.165) is 38.2 Å². The van der Waals surface area contributed by atoms with Gasteiger partial charge in [-0.05, 0) is 30.9 Å². The third-order valence-corrected chi connectivity index (χ3v) is 5.78. The predicted octanol–water partition coefficient (Wildman–Crippen LogP) is 3.31. The third-order valence-electron chi connectivity index (χ3n) is 3.99. The van der Waals surface area contributed by atoms with Gasteiger partial charge in [-0.25, -0.2) is 17.5 Å². The SMILES string of the molecule is CCC1CCCC(NS(=O)(=O)c2cc(N)cc(Cl)c2F)C1. The second-order valence-corrected chi connectivity index (χ2v) is 7.66. The average molecular weight is 335 g/mol. The van der Waals surface area contributed by atoms with Crippen molar-refractivity contribution in [3.8, 4) is 0 Å². The topological polar surface area (TPSA) is 72.2 Å². The van der Waals surface area contributed by atoms with Crippen molar-refractivity contribution < 1.29 is 12.8 Å². The molecule has 2 rings (SSSR count). The monoisotopic (exact) mass is 334 g/mol. The summed E-state index contributed by atoms with van der Waals surface area (Å²) >= 11 is 5.67. The van der Waals surface area contributed by atoms with Crippen LogP contribution >= 0.6 is 11.6 Å². The number of nitrogens with one attached hydrogen (secondary N) is 1. The number of hydrogen-bond acceptors (Lipinski definition) is 3. The summed E-state index contributed by atoms with van der Waals surface area (Å²) in [4.78, 5) is -0.480. The van der Waals surface area contributed by atoms with Crippen LogP contribution in [0.3, 0.4) is 0 Å². The Morgan fingerprint density at radius 1 is 1.43 bits per heavy atom. The molecule has 0 saturated heterocycles. The molecule has 2 unspecified atom stereocenters. The van der Waals surface area contributed by atoms with Crippen molar-refractivity contribution >= 4 is 27.3 Å². The predicted molar refractivity (Wildman–Crippen MR) is 82.2 cm³/mol. The highest BCUT2D eigenvalue weighted by Gasteiger charge is 2.28. The van der Waals surface area contributed by atoms with Crippen molar-refractivity contribution in [2.45, 2.75) is 50.0 Å². The first-order valence-corrected chi connectivity index (χ1v) is 8.96. The minimum atomic E-state index is -3.96. The maximum Gasteiger partial charge on any atom is 0.243 e. The number of sulfonamides is 1. The Hall–Kier alpha value is -0.850. The molecule has 1 aliphatic carbocycles. The van der Waals surface area contributed by atoms with Crippen LogP contribution in [0.1, 0.15) is 39.0 Å². The van der Waals surface area contributed by atoms with Gasteiger partial charge in [-0.2, -0.15) is 0 Å². The molecule has 118 valence electrons. The van der Waals surface area contributed by atoms with E-state index in [0.29, 0.717) is 5.92 Å². The first kappa shape index (κ1) is 16.5. The largest absolute Gasteiger partial charge is 0.399 e. The number of benzene rings is 1. The summed E-state index contributed by atoms with van der Waals surface area (Å²) in [6, 6.07) is 2.14. The summed E-state index contributed by atoms with van der Waals surface area (Å²) in [5, 5.41) is -0.287. The van der Waals surface area contributed by atoms with Gasteiger partial charge in [0.1, 0.15) is 4.90 Å². The van der Waals surface area contributed by atoms with Crippen LogP contribution in [-0.2, 0) is 10.0 Å². The van der Waals surface area contributed by atoms with E-state index in [1.165, 1.54) is 6.07 Å². The van der Waals surface area contributed by atoms with Crippen LogP contribution in [0.2, 0.25) is 5.02 Å². The number of nitrogens with two attached hydrogens (primary N) is 1. The standard InChI is InChI=1S/C14H20ClFN2O2S/c1-2-9-4-3-5-11(6-9)18-21(19,20)13-8-10(17)7-12(15)14(13)16/h7-9,11,18H,2-6,17H2,1H3. The zero-order valence-electron chi connectivity index (χ0n) is 11.9. The van der Waals surface area contributed by atoms with Crippen LogP contribution in [0, 0.1) is 11.7 Å². The molecule has 1 aromatic carbocycles. The highest BCUT2D eigenvalue weighted by atomic mass is 35.5. The summed E-state index contributed by atoms with van der Waals surface area (Å²) in [6.45, 7) is 2.10. The molecule has 0 aliphatic heterocycles. The molecule has 0 amide bonds. The molecular formula is C14H20ClFN2O2S. The summed E-state index contributed by atoms with van der Waals surface area (Å²) in [5.41, 5.74) is 5.68. The van der Waals surface area contributed by atoms with E-state index in [4.69, 9.17) is 17.3 Å². The van der Waals surface area contributed by atoms with Crippen LogP contribution < -0.4 is 10.5 Å². The van der Waals surface area contributed by atoms with Gasteiger partial charge in [0.2, 0.25) is 10.0 Å². The lowest BCUT2D eigenvalue weighted by Crippen LogP contribution is -2.38. The van der Waals surface area contributed by atoms with Crippen LogP contribution in [-0.4, -0.2) is 14.5 Å². The Morgan fingerprint density at radius 3 is 2.81 bits per heavy atom. The molecule has 7 heteroatoms. The van der Waals surface area contributed by atoms with Gasteiger partial charge in [-0.15, -0.1) is 0 Å². The molecule has 1 aliphatic rings. The molecule has 0 spiro atoms. The van der Waals surface area contributed by atoms with Crippen molar-refractivity contribution in [3.63, 3.8) is 0 Å².